The zero-order valence-corrected chi connectivity index (χ0v) is 20.1. The van der Waals surface area contributed by atoms with Crippen molar-refractivity contribution < 1.29 is 50.9 Å². The van der Waals surface area contributed by atoms with Gasteiger partial charge in [-0.3, -0.25) is 0 Å². The maximum atomic E-state index is 7.25. The summed E-state index contributed by atoms with van der Waals surface area (Å²) in [7, 11) is 0. The van der Waals surface area contributed by atoms with Crippen molar-refractivity contribution in [1.29, 1.82) is 0 Å². The Bertz CT molecular complexity index is 466. The SMILES string of the molecule is CCCCOc1ccc(C(C)C)c(OCCCC)c1OCCCC.[O-]O.[Zr]. The second-order valence-electron chi connectivity index (χ2n) is 6.57. The quantitative estimate of drug-likeness (QED) is 0.250. The van der Waals surface area contributed by atoms with Gasteiger partial charge in [0.15, 0.2) is 11.5 Å². The summed E-state index contributed by atoms with van der Waals surface area (Å²) in [5, 5.41) is 13.0. The van der Waals surface area contributed by atoms with E-state index in [2.05, 4.69) is 40.7 Å². The largest absolute Gasteiger partial charge is 0.727 e. The van der Waals surface area contributed by atoms with Gasteiger partial charge in [-0.2, -0.15) is 0 Å². The molecule has 0 atom stereocenters. The molecule has 5 nitrogen and oxygen atoms in total. The first kappa shape index (κ1) is 28.6. The molecule has 1 N–H and O–H groups in total. The minimum atomic E-state index is 0. The van der Waals surface area contributed by atoms with Gasteiger partial charge < -0.3 is 24.7 Å². The average molecular weight is 461 g/mol. The van der Waals surface area contributed by atoms with Gasteiger partial charge in [-0.1, -0.05) is 59.9 Å². The van der Waals surface area contributed by atoms with E-state index in [9.17, 15) is 0 Å². The normalized spacial score (nSPS) is 9.93. The fraction of sp³-hybridized carbons (Fsp3) is 0.714. The van der Waals surface area contributed by atoms with E-state index >= 15 is 0 Å². The van der Waals surface area contributed by atoms with Crippen LogP contribution in [0, 0.1) is 0 Å². The Hall–Kier alpha value is -0.577. The molecule has 0 amide bonds. The van der Waals surface area contributed by atoms with Crippen molar-refractivity contribution in [3.63, 3.8) is 0 Å². The van der Waals surface area contributed by atoms with Gasteiger partial charge in [0.05, 0.1) is 19.8 Å². The van der Waals surface area contributed by atoms with Gasteiger partial charge >= 0.3 is 0 Å². The summed E-state index contributed by atoms with van der Waals surface area (Å²) in [5.74, 6) is 2.88. The van der Waals surface area contributed by atoms with Gasteiger partial charge in [0.1, 0.15) is 0 Å². The van der Waals surface area contributed by atoms with Crippen molar-refractivity contribution in [2.75, 3.05) is 19.8 Å². The average Bonchev–Trinajstić information content (AvgIpc) is 2.65. The molecule has 0 unspecified atom stereocenters. The van der Waals surface area contributed by atoms with Gasteiger partial charge in [-0.15, -0.1) is 0 Å². The second kappa shape index (κ2) is 18.8. The second-order valence-corrected chi connectivity index (χ2v) is 6.57. The van der Waals surface area contributed by atoms with E-state index in [1.54, 1.807) is 0 Å². The summed E-state index contributed by atoms with van der Waals surface area (Å²) in [4.78, 5) is 0. The third-order valence-electron chi connectivity index (χ3n) is 3.97. The number of hydrogen-bond acceptors (Lipinski definition) is 5. The molecule has 27 heavy (non-hydrogen) atoms. The Labute approximate surface area is 184 Å². The summed E-state index contributed by atoms with van der Waals surface area (Å²) < 4.78 is 18.2. The first-order chi connectivity index (χ1) is 12.7. The van der Waals surface area contributed by atoms with Gasteiger partial charge in [0.25, 0.3) is 0 Å². The van der Waals surface area contributed by atoms with E-state index < -0.39 is 0 Å². The van der Waals surface area contributed by atoms with Crippen LogP contribution in [0.1, 0.15) is 84.6 Å². The molecule has 0 spiro atoms. The topological polar surface area (TPSA) is 71.0 Å². The van der Waals surface area contributed by atoms with Gasteiger partial charge in [-0.25, -0.2) is 0 Å². The van der Waals surface area contributed by atoms with Crippen molar-refractivity contribution in [2.24, 2.45) is 0 Å². The minimum Gasteiger partial charge on any atom is -0.727 e. The van der Waals surface area contributed by atoms with Crippen LogP contribution in [0.25, 0.3) is 0 Å². The number of rotatable bonds is 13. The molecule has 0 radical (unpaired) electrons. The maximum absolute atomic E-state index is 7.25. The zero-order valence-electron chi connectivity index (χ0n) is 17.7. The third-order valence-corrected chi connectivity index (χ3v) is 3.97. The van der Waals surface area contributed by atoms with Crippen LogP contribution < -0.4 is 19.5 Å². The Kier molecular flexibility index (Phi) is 19.9. The number of benzene rings is 1. The van der Waals surface area contributed by atoms with Crippen LogP contribution in [-0.2, 0) is 26.2 Å². The van der Waals surface area contributed by atoms with E-state index in [1.807, 2.05) is 6.07 Å². The molecule has 6 heteroatoms. The van der Waals surface area contributed by atoms with E-state index in [-0.39, 0.29) is 26.2 Å². The molecule has 0 bridgehead atoms. The molecule has 0 saturated heterocycles. The van der Waals surface area contributed by atoms with Crippen LogP contribution in [0.3, 0.4) is 0 Å². The summed E-state index contributed by atoms with van der Waals surface area (Å²) in [6, 6.07) is 4.17. The Morgan fingerprint density at radius 3 is 1.67 bits per heavy atom. The third kappa shape index (κ3) is 11.1. The summed E-state index contributed by atoms with van der Waals surface area (Å²) in [5.41, 5.74) is 1.19. The molecule has 156 valence electrons. The molecule has 0 aliphatic rings. The van der Waals surface area contributed by atoms with Gasteiger partial charge in [0, 0.05) is 31.8 Å². The minimum absolute atomic E-state index is 0. The maximum Gasteiger partial charge on any atom is 0.203 e. The number of ether oxygens (including phenoxy) is 3. The van der Waals surface area contributed by atoms with Crippen molar-refractivity contribution >= 4 is 0 Å². The van der Waals surface area contributed by atoms with Gasteiger partial charge in [-0.05, 0) is 31.2 Å². The predicted octanol–water partition coefficient (Wildman–Crippen LogP) is 5.16. The first-order valence-electron chi connectivity index (χ1n) is 9.89. The number of hydrogen-bond donors (Lipinski definition) is 1. The first-order valence-corrected chi connectivity index (χ1v) is 9.89. The van der Waals surface area contributed by atoms with Crippen molar-refractivity contribution in [1.82, 2.24) is 0 Å². The molecular weight excluding hydrogens is 423 g/mol. The van der Waals surface area contributed by atoms with Crippen LogP contribution >= 0.6 is 0 Å². The Balaban J connectivity index is 0. The molecule has 0 fully saturated rings. The zero-order chi connectivity index (χ0) is 19.8. The fourth-order valence-corrected chi connectivity index (χ4v) is 2.38. The summed E-state index contributed by atoms with van der Waals surface area (Å²) in [6.07, 6.45) is 6.49. The van der Waals surface area contributed by atoms with E-state index in [4.69, 9.17) is 24.7 Å². The molecule has 0 heterocycles. The van der Waals surface area contributed by atoms with Crippen LogP contribution in [-0.4, -0.2) is 25.1 Å². The van der Waals surface area contributed by atoms with Crippen LogP contribution in [0.4, 0.5) is 0 Å². The molecule has 1 aromatic rings. The standard InChI is InChI=1S/C21H36O3.H2O2.Zr/c1-6-9-14-22-19-13-12-18(17(4)5)20(23-15-10-7-2)21(19)24-16-11-8-3;1-2;/h12-13,17H,6-11,14-16H2,1-5H3;1-2H;/p-1. The van der Waals surface area contributed by atoms with E-state index in [0.717, 1.165) is 69.0 Å². The van der Waals surface area contributed by atoms with Crippen LogP contribution in [0.2, 0.25) is 0 Å². The Morgan fingerprint density at radius 2 is 1.22 bits per heavy atom. The molecule has 0 saturated carbocycles. The Morgan fingerprint density at radius 1 is 0.778 bits per heavy atom. The number of unbranched alkanes of at least 4 members (excludes halogenated alkanes) is 3. The molecule has 0 aliphatic carbocycles. The fourth-order valence-electron chi connectivity index (χ4n) is 2.38. The van der Waals surface area contributed by atoms with Crippen molar-refractivity contribution in [3.8, 4) is 17.2 Å². The van der Waals surface area contributed by atoms with Crippen LogP contribution in [0.15, 0.2) is 12.1 Å². The predicted molar refractivity (Wildman–Crippen MR) is 104 cm³/mol. The van der Waals surface area contributed by atoms with E-state index in [0.29, 0.717) is 12.5 Å². The summed E-state index contributed by atoms with van der Waals surface area (Å²) >= 11 is 0. The monoisotopic (exact) mass is 459 g/mol. The van der Waals surface area contributed by atoms with Crippen LogP contribution in [0.5, 0.6) is 17.2 Å². The molecule has 1 rings (SSSR count). The molecule has 1 aromatic carbocycles. The van der Waals surface area contributed by atoms with Gasteiger partial charge in [0.2, 0.25) is 5.75 Å². The summed E-state index contributed by atoms with van der Waals surface area (Å²) in [6.45, 7) is 13.0. The molecular formula is C21H37O5Zr-. The smallest absolute Gasteiger partial charge is 0.203 e. The molecule has 0 aromatic heterocycles. The molecule has 0 aliphatic heterocycles. The van der Waals surface area contributed by atoms with E-state index in [1.165, 1.54) is 5.56 Å². The van der Waals surface area contributed by atoms with Crippen molar-refractivity contribution in [2.45, 2.75) is 79.1 Å². The van der Waals surface area contributed by atoms with Crippen molar-refractivity contribution in [3.05, 3.63) is 17.7 Å².